The Labute approximate surface area is 120 Å². The van der Waals surface area contributed by atoms with Crippen molar-refractivity contribution in [1.29, 1.82) is 0 Å². The van der Waals surface area contributed by atoms with Crippen molar-refractivity contribution in [2.45, 2.75) is 44.2 Å². The average Bonchev–Trinajstić information content (AvgIpc) is 2.48. The summed E-state index contributed by atoms with van der Waals surface area (Å²) in [4.78, 5) is 0. The van der Waals surface area contributed by atoms with E-state index in [2.05, 4.69) is 35.3 Å². The molecule has 1 heterocycles. The van der Waals surface area contributed by atoms with Crippen molar-refractivity contribution in [1.82, 2.24) is 5.32 Å². The van der Waals surface area contributed by atoms with Gasteiger partial charge in [0.1, 0.15) is 5.75 Å². The highest BCUT2D eigenvalue weighted by Crippen LogP contribution is 2.33. The predicted octanol–water partition coefficient (Wildman–Crippen LogP) is 3.56. The minimum absolute atomic E-state index is 0.530. The summed E-state index contributed by atoms with van der Waals surface area (Å²) in [5, 5.41) is 3.89. The van der Waals surface area contributed by atoms with Crippen LogP contribution in [0.15, 0.2) is 18.2 Å². The Bertz CT molecular complexity index is 429. The number of nitrogens with one attached hydrogen (secondary N) is 1. The van der Waals surface area contributed by atoms with Crippen LogP contribution in [0.3, 0.4) is 0 Å². The second-order valence-electron chi connectivity index (χ2n) is 5.59. The monoisotopic (exact) mass is 277 g/mol. The summed E-state index contributed by atoms with van der Waals surface area (Å²) in [6, 6.07) is 7.81. The van der Waals surface area contributed by atoms with Crippen molar-refractivity contribution in [3.05, 3.63) is 29.3 Å². The number of fused-ring (bicyclic) bond motifs is 1. The molecule has 0 spiro atoms. The van der Waals surface area contributed by atoms with E-state index >= 15 is 0 Å². The molecule has 3 heteroatoms. The standard InChI is InChI=1S/C16H23NOS/c1-18-14-8-7-12-4-2-6-16(15(12)10-14)17-13-5-3-9-19-11-13/h7-8,10,13,16-17H,2-6,9,11H2,1H3. The summed E-state index contributed by atoms with van der Waals surface area (Å²) in [5.74, 6) is 3.61. The summed E-state index contributed by atoms with van der Waals surface area (Å²) in [7, 11) is 1.75. The van der Waals surface area contributed by atoms with Crippen LogP contribution in [0.4, 0.5) is 0 Å². The van der Waals surface area contributed by atoms with Gasteiger partial charge in [-0.1, -0.05) is 6.07 Å². The topological polar surface area (TPSA) is 21.3 Å². The van der Waals surface area contributed by atoms with Gasteiger partial charge in [-0.3, -0.25) is 0 Å². The lowest BCUT2D eigenvalue weighted by molar-refractivity contribution is 0.386. The normalized spacial score (nSPS) is 26.8. The minimum Gasteiger partial charge on any atom is -0.497 e. The van der Waals surface area contributed by atoms with E-state index < -0.39 is 0 Å². The molecular weight excluding hydrogens is 254 g/mol. The summed E-state index contributed by atoms with van der Waals surface area (Å²) >= 11 is 2.09. The van der Waals surface area contributed by atoms with Gasteiger partial charge in [0, 0.05) is 17.8 Å². The van der Waals surface area contributed by atoms with Crippen LogP contribution in [0.5, 0.6) is 5.75 Å². The van der Waals surface area contributed by atoms with Gasteiger partial charge in [-0.05, 0) is 61.1 Å². The molecule has 3 rings (SSSR count). The second kappa shape index (κ2) is 6.19. The molecule has 2 unspecified atom stereocenters. The van der Waals surface area contributed by atoms with Gasteiger partial charge in [-0.15, -0.1) is 0 Å². The molecule has 0 radical (unpaired) electrons. The van der Waals surface area contributed by atoms with Crippen LogP contribution in [0, 0.1) is 0 Å². The first-order valence-corrected chi connectivity index (χ1v) is 8.53. The third-order valence-corrected chi connectivity index (χ3v) is 5.48. The van der Waals surface area contributed by atoms with Crippen molar-refractivity contribution in [2.75, 3.05) is 18.6 Å². The summed E-state index contributed by atoms with van der Waals surface area (Å²) in [5.41, 5.74) is 2.98. The van der Waals surface area contributed by atoms with Gasteiger partial charge in [0.05, 0.1) is 7.11 Å². The van der Waals surface area contributed by atoms with Gasteiger partial charge in [0.15, 0.2) is 0 Å². The number of thioether (sulfide) groups is 1. The number of methoxy groups -OCH3 is 1. The molecule has 0 bridgehead atoms. The molecule has 0 amide bonds. The molecule has 1 aromatic rings. The summed E-state index contributed by atoms with van der Waals surface area (Å²) in [6.07, 6.45) is 6.48. The fourth-order valence-corrected chi connectivity index (χ4v) is 4.32. The van der Waals surface area contributed by atoms with E-state index in [-0.39, 0.29) is 0 Å². The van der Waals surface area contributed by atoms with Gasteiger partial charge in [0.25, 0.3) is 0 Å². The first-order valence-electron chi connectivity index (χ1n) is 7.37. The molecule has 104 valence electrons. The van der Waals surface area contributed by atoms with Gasteiger partial charge < -0.3 is 10.1 Å². The highest BCUT2D eigenvalue weighted by molar-refractivity contribution is 7.99. The smallest absolute Gasteiger partial charge is 0.119 e. The van der Waals surface area contributed by atoms with Crippen molar-refractivity contribution in [3.8, 4) is 5.75 Å². The van der Waals surface area contributed by atoms with E-state index in [4.69, 9.17) is 4.74 Å². The van der Waals surface area contributed by atoms with Gasteiger partial charge in [0.2, 0.25) is 0 Å². The second-order valence-corrected chi connectivity index (χ2v) is 6.74. The Morgan fingerprint density at radius 3 is 3.00 bits per heavy atom. The highest BCUT2D eigenvalue weighted by atomic mass is 32.2. The van der Waals surface area contributed by atoms with Crippen LogP contribution in [0.1, 0.15) is 42.9 Å². The summed E-state index contributed by atoms with van der Waals surface area (Å²) < 4.78 is 5.39. The van der Waals surface area contributed by atoms with Crippen LogP contribution in [0.25, 0.3) is 0 Å². The van der Waals surface area contributed by atoms with Crippen LogP contribution >= 0.6 is 11.8 Å². The molecule has 19 heavy (non-hydrogen) atoms. The molecule has 1 saturated heterocycles. The van der Waals surface area contributed by atoms with Crippen molar-refractivity contribution >= 4 is 11.8 Å². The van der Waals surface area contributed by atoms with Crippen LogP contribution in [-0.2, 0) is 6.42 Å². The number of rotatable bonds is 3. The lowest BCUT2D eigenvalue weighted by Crippen LogP contribution is -2.38. The zero-order valence-electron chi connectivity index (χ0n) is 11.7. The molecule has 2 atom stereocenters. The first kappa shape index (κ1) is 13.3. The molecule has 2 aliphatic rings. The molecule has 1 fully saturated rings. The molecule has 1 N–H and O–H groups in total. The van der Waals surface area contributed by atoms with Crippen molar-refractivity contribution in [3.63, 3.8) is 0 Å². The molecule has 0 saturated carbocycles. The van der Waals surface area contributed by atoms with E-state index in [1.807, 2.05) is 0 Å². The Kier molecular flexibility index (Phi) is 4.34. The quantitative estimate of drug-likeness (QED) is 0.913. The number of aryl methyl sites for hydroxylation is 1. The van der Waals surface area contributed by atoms with Crippen LogP contribution < -0.4 is 10.1 Å². The first-order chi connectivity index (χ1) is 9.36. The third-order valence-electron chi connectivity index (χ3n) is 4.26. The SMILES string of the molecule is COc1ccc2c(c1)C(NC1CCCSC1)CCC2. The van der Waals surface area contributed by atoms with E-state index in [1.54, 1.807) is 7.11 Å². The lowest BCUT2D eigenvalue weighted by atomic mass is 9.87. The van der Waals surface area contributed by atoms with E-state index in [1.165, 1.54) is 54.7 Å². The van der Waals surface area contributed by atoms with E-state index in [0.29, 0.717) is 12.1 Å². The minimum atomic E-state index is 0.530. The zero-order chi connectivity index (χ0) is 13.1. The van der Waals surface area contributed by atoms with Gasteiger partial charge >= 0.3 is 0 Å². The molecular formula is C16H23NOS. The van der Waals surface area contributed by atoms with Gasteiger partial charge in [-0.25, -0.2) is 0 Å². The molecule has 1 aliphatic carbocycles. The third kappa shape index (κ3) is 3.09. The lowest BCUT2D eigenvalue weighted by Gasteiger charge is -2.32. The summed E-state index contributed by atoms with van der Waals surface area (Å²) in [6.45, 7) is 0. The highest BCUT2D eigenvalue weighted by Gasteiger charge is 2.24. The average molecular weight is 277 g/mol. The Morgan fingerprint density at radius 2 is 2.21 bits per heavy atom. The molecule has 2 nitrogen and oxygen atoms in total. The van der Waals surface area contributed by atoms with E-state index in [0.717, 1.165) is 5.75 Å². The maximum absolute atomic E-state index is 5.39. The molecule has 0 aromatic heterocycles. The molecule has 1 aliphatic heterocycles. The number of hydrogen-bond acceptors (Lipinski definition) is 3. The zero-order valence-corrected chi connectivity index (χ0v) is 12.5. The van der Waals surface area contributed by atoms with Crippen LogP contribution in [-0.4, -0.2) is 24.7 Å². The Morgan fingerprint density at radius 1 is 1.26 bits per heavy atom. The Hall–Kier alpha value is -0.670. The maximum Gasteiger partial charge on any atom is 0.119 e. The van der Waals surface area contributed by atoms with Gasteiger partial charge in [-0.2, -0.15) is 11.8 Å². The van der Waals surface area contributed by atoms with Crippen molar-refractivity contribution in [2.24, 2.45) is 0 Å². The number of benzene rings is 1. The Balaban J connectivity index is 1.76. The maximum atomic E-state index is 5.39. The van der Waals surface area contributed by atoms with E-state index in [9.17, 15) is 0 Å². The molecule has 1 aromatic carbocycles. The number of ether oxygens (including phenoxy) is 1. The van der Waals surface area contributed by atoms with Crippen molar-refractivity contribution < 1.29 is 4.74 Å². The number of hydrogen-bond donors (Lipinski definition) is 1. The fourth-order valence-electron chi connectivity index (χ4n) is 3.23. The largest absolute Gasteiger partial charge is 0.497 e. The predicted molar refractivity (Wildman–Crippen MR) is 82.2 cm³/mol. The van der Waals surface area contributed by atoms with Crippen LogP contribution in [0.2, 0.25) is 0 Å². The fraction of sp³-hybridized carbons (Fsp3) is 0.625.